The molecule has 15 N–H and O–H groups in total. The molecule has 0 unspecified atom stereocenters. The summed E-state index contributed by atoms with van der Waals surface area (Å²) < 4.78 is 0. The van der Waals surface area contributed by atoms with Crippen LogP contribution in [0.1, 0.15) is 148 Å². The number of rotatable bonds is 34. The second-order valence-electron chi connectivity index (χ2n) is 25.9. The Kier molecular flexibility index (Phi) is 31.0. The number of carboxylic acids is 1. The Morgan fingerprint density at radius 3 is 1.27 bits per heavy atom. The number of carboxylic acid groups (broad SMARTS) is 1. The van der Waals surface area contributed by atoms with Crippen molar-refractivity contribution in [2.24, 2.45) is 41.2 Å². The van der Waals surface area contributed by atoms with Gasteiger partial charge < -0.3 is 88.7 Å². The molecule has 0 spiro atoms. The third kappa shape index (κ3) is 21.8. The lowest BCUT2D eigenvalue weighted by Gasteiger charge is -2.32. The SMILES string of the molecule is CC[C@H](C)[C@H](NC(=O)[C@@H]1CCCN1C(=O)CNC(=O)[C@@H]1CCCN1C(=O)[C@H](CC(C)C)NC(=O)[C@@H](NC(=O)[C@@H](NC(=O)[C@@H](NC(=O)[C@@H](NC(=O)[C@@H]1CCCN1C(=O)[C@@H](N)CO)C(C)C)C(C)C)C(C)C)[C@@H](C)O)C(=O)N[C@@H](CC(C)C)C(=O)N[C@@H](CO)C(=O)O. The lowest BCUT2D eigenvalue weighted by Crippen LogP contribution is -2.63. The zero-order valence-electron chi connectivity index (χ0n) is 54.6. The van der Waals surface area contributed by atoms with Gasteiger partial charge in [0.25, 0.3) is 0 Å². The van der Waals surface area contributed by atoms with Crippen molar-refractivity contribution >= 4 is 76.9 Å². The van der Waals surface area contributed by atoms with Crippen molar-refractivity contribution in [3.05, 3.63) is 0 Å². The van der Waals surface area contributed by atoms with E-state index in [1.54, 1.807) is 83.1 Å². The van der Waals surface area contributed by atoms with Crippen LogP contribution >= 0.6 is 0 Å². The second kappa shape index (κ2) is 36.1. The summed E-state index contributed by atoms with van der Waals surface area (Å²) in [5.74, 6) is -12.7. The zero-order valence-corrected chi connectivity index (χ0v) is 54.6. The predicted octanol–water partition coefficient (Wildman–Crippen LogP) is -3.16. The van der Waals surface area contributed by atoms with Crippen molar-refractivity contribution < 1.29 is 82.8 Å². The first-order valence-corrected chi connectivity index (χ1v) is 31.6. The van der Waals surface area contributed by atoms with Gasteiger partial charge in [-0.05, 0) is 93.8 Å². The first kappa shape index (κ1) is 77.2. The van der Waals surface area contributed by atoms with Crippen LogP contribution in [0.4, 0.5) is 0 Å². The number of likely N-dealkylation sites (tertiary alicyclic amines) is 3. The minimum absolute atomic E-state index is 0.0599. The normalized spacial score (nSPS) is 20.4. The van der Waals surface area contributed by atoms with Crippen molar-refractivity contribution in [2.45, 2.75) is 226 Å². The van der Waals surface area contributed by atoms with Crippen LogP contribution < -0.4 is 53.6 Å². The van der Waals surface area contributed by atoms with Crippen LogP contribution in [0.5, 0.6) is 0 Å². The Morgan fingerprint density at radius 1 is 0.456 bits per heavy atom. The summed E-state index contributed by atoms with van der Waals surface area (Å²) in [6, 6.07) is -15.0. The van der Waals surface area contributed by atoms with Gasteiger partial charge in [-0.1, -0.05) is 89.5 Å². The molecular formula is C60H103N13O17. The van der Waals surface area contributed by atoms with Gasteiger partial charge in [-0.3, -0.25) is 57.5 Å². The molecule has 12 amide bonds. The van der Waals surface area contributed by atoms with Crippen LogP contribution in [0.15, 0.2) is 0 Å². The Morgan fingerprint density at radius 2 is 0.833 bits per heavy atom. The first-order chi connectivity index (χ1) is 42.1. The second-order valence-corrected chi connectivity index (χ2v) is 25.9. The van der Waals surface area contributed by atoms with E-state index >= 15 is 0 Å². The molecule has 3 aliphatic rings. The highest BCUT2D eigenvalue weighted by atomic mass is 16.4. The van der Waals surface area contributed by atoms with E-state index in [1.165, 1.54) is 21.6 Å². The summed E-state index contributed by atoms with van der Waals surface area (Å²) in [5.41, 5.74) is 5.75. The van der Waals surface area contributed by atoms with Gasteiger partial charge in [0, 0.05) is 19.6 Å². The van der Waals surface area contributed by atoms with Gasteiger partial charge in [-0.25, -0.2) is 4.79 Å². The van der Waals surface area contributed by atoms with Gasteiger partial charge in [0.15, 0.2) is 0 Å². The van der Waals surface area contributed by atoms with Gasteiger partial charge in [0.1, 0.15) is 72.5 Å². The fourth-order valence-electron chi connectivity index (χ4n) is 11.1. The number of aliphatic hydroxyl groups excluding tert-OH is 3. The standard InChI is InChI=1S/C60H103N13O17/c1-14-34(12)47(56(85)63-37(24-29(2)3)49(78)65-39(28-75)60(89)90)69-51(80)41-19-15-21-71(41)43(77)26-62-50(79)40-18-16-23-73(40)59(88)38(25-30(4)5)64-57(86)48(35(13)76)70-55(84)46(33(10)11)68-54(83)45(32(8)9)67-53(82)44(31(6)7)66-52(81)42-20-17-22-72(42)58(87)36(61)27-74/h29-42,44-48,74-76H,14-28,61H2,1-13H3,(H,62,79)(H,63,85)(H,64,86)(H,65,78)(H,66,81)(H,67,82)(H,68,83)(H,69,80)(H,70,84)(H,89,90)/t34-,35+,36-,37-,38-,39-,40-,41-,42-,44-,45-,46-,47-,48-/m0/s1. The third-order valence-electron chi connectivity index (χ3n) is 16.5. The largest absolute Gasteiger partial charge is 0.480 e. The quantitative estimate of drug-likeness (QED) is 0.0302. The molecule has 3 fully saturated rings. The van der Waals surface area contributed by atoms with Crippen LogP contribution in [0, 0.1) is 35.5 Å². The molecule has 3 aliphatic heterocycles. The fourth-order valence-corrected chi connectivity index (χ4v) is 11.1. The van der Waals surface area contributed by atoms with Crippen LogP contribution in [-0.4, -0.2) is 230 Å². The minimum Gasteiger partial charge on any atom is -0.480 e. The molecular weight excluding hydrogens is 1170 g/mol. The fraction of sp³-hybridized carbons (Fsp3) is 0.783. The number of carbonyl (C=O) groups is 13. The number of aliphatic carboxylic acids is 1. The average Bonchev–Trinajstić information content (AvgIpc) is 1.78. The smallest absolute Gasteiger partial charge is 0.328 e. The summed E-state index contributed by atoms with van der Waals surface area (Å²) in [5, 5.41) is 62.7. The predicted molar refractivity (Wildman–Crippen MR) is 327 cm³/mol. The van der Waals surface area contributed by atoms with Crippen molar-refractivity contribution in [1.29, 1.82) is 0 Å². The zero-order chi connectivity index (χ0) is 68.2. The minimum atomic E-state index is -1.67. The number of aliphatic hydroxyl groups is 3. The molecule has 14 atom stereocenters. The molecule has 90 heavy (non-hydrogen) atoms. The van der Waals surface area contributed by atoms with Gasteiger partial charge >= 0.3 is 5.97 Å². The van der Waals surface area contributed by atoms with Crippen molar-refractivity contribution in [2.75, 3.05) is 39.4 Å². The van der Waals surface area contributed by atoms with E-state index in [0.29, 0.717) is 32.1 Å². The molecule has 30 heteroatoms. The highest BCUT2D eigenvalue weighted by Gasteiger charge is 2.44. The number of carbonyl (C=O) groups excluding carboxylic acids is 12. The monoisotopic (exact) mass is 1280 g/mol. The van der Waals surface area contributed by atoms with E-state index in [1.807, 2.05) is 0 Å². The maximum absolute atomic E-state index is 14.5. The van der Waals surface area contributed by atoms with E-state index in [9.17, 15) is 82.8 Å². The average molecular weight is 1280 g/mol. The van der Waals surface area contributed by atoms with E-state index in [4.69, 9.17) is 5.73 Å². The number of nitrogens with two attached hydrogens (primary N) is 1. The van der Waals surface area contributed by atoms with Gasteiger partial charge in [-0.15, -0.1) is 0 Å². The Bertz CT molecular complexity index is 2530. The molecule has 510 valence electrons. The molecule has 3 rings (SSSR count). The summed E-state index contributed by atoms with van der Waals surface area (Å²) in [7, 11) is 0. The van der Waals surface area contributed by atoms with Crippen molar-refractivity contribution in [3.63, 3.8) is 0 Å². The van der Waals surface area contributed by atoms with Gasteiger partial charge in [0.05, 0.1) is 25.9 Å². The summed E-state index contributed by atoms with van der Waals surface area (Å²) in [6.07, 6.45) is 1.02. The van der Waals surface area contributed by atoms with E-state index in [2.05, 4.69) is 47.9 Å². The summed E-state index contributed by atoms with van der Waals surface area (Å²) >= 11 is 0. The van der Waals surface area contributed by atoms with Crippen molar-refractivity contribution in [3.8, 4) is 0 Å². The number of hydrogen-bond donors (Lipinski definition) is 14. The molecule has 0 aromatic heterocycles. The number of hydrogen-bond acceptors (Lipinski definition) is 17. The maximum Gasteiger partial charge on any atom is 0.328 e. The highest BCUT2D eigenvalue weighted by Crippen LogP contribution is 2.24. The van der Waals surface area contributed by atoms with Crippen molar-refractivity contribution in [1.82, 2.24) is 62.6 Å². The maximum atomic E-state index is 14.5. The lowest BCUT2D eigenvalue weighted by molar-refractivity contribution is -0.144. The van der Waals surface area contributed by atoms with E-state index in [0.717, 1.165) is 0 Å². The molecule has 3 saturated heterocycles. The highest BCUT2D eigenvalue weighted by molar-refractivity contribution is 6.00. The Hall–Kier alpha value is -7.05. The molecule has 30 nitrogen and oxygen atoms in total. The van der Waals surface area contributed by atoms with Crippen LogP contribution in [0.2, 0.25) is 0 Å². The third-order valence-corrected chi connectivity index (χ3v) is 16.5. The lowest BCUT2D eigenvalue weighted by atomic mass is 9.96. The van der Waals surface area contributed by atoms with Crippen LogP contribution in [0.25, 0.3) is 0 Å². The Balaban J connectivity index is 1.71. The first-order valence-electron chi connectivity index (χ1n) is 31.6. The van der Waals surface area contributed by atoms with Crippen LogP contribution in [-0.2, 0) is 62.3 Å². The molecule has 0 bridgehead atoms. The van der Waals surface area contributed by atoms with Gasteiger partial charge in [-0.2, -0.15) is 0 Å². The molecule has 0 saturated carbocycles. The molecule has 0 radical (unpaired) electrons. The topological polar surface area (TPSA) is 447 Å². The molecule has 0 aromatic carbocycles. The molecule has 3 heterocycles. The molecule has 0 aliphatic carbocycles. The summed E-state index contributed by atoms with van der Waals surface area (Å²) in [6.45, 7) is 20.2. The summed E-state index contributed by atoms with van der Waals surface area (Å²) in [4.78, 5) is 181. The van der Waals surface area contributed by atoms with E-state index < -0.39 is 199 Å². The Labute approximate surface area is 527 Å². The number of amides is 12. The number of nitrogens with one attached hydrogen (secondary N) is 9. The van der Waals surface area contributed by atoms with Gasteiger partial charge in [0.2, 0.25) is 70.9 Å². The number of nitrogens with zero attached hydrogens (tertiary/aromatic N) is 3. The van der Waals surface area contributed by atoms with Crippen LogP contribution in [0.3, 0.4) is 0 Å². The molecule has 0 aromatic rings. The van der Waals surface area contributed by atoms with E-state index in [-0.39, 0.29) is 57.2 Å².